The third-order valence-electron chi connectivity index (χ3n) is 4.34. The van der Waals surface area contributed by atoms with Crippen LogP contribution < -0.4 is 5.32 Å². The maximum absolute atomic E-state index is 12.7. The minimum atomic E-state index is -0.292. The van der Waals surface area contributed by atoms with Gasteiger partial charge in [0.25, 0.3) is 5.91 Å². The summed E-state index contributed by atoms with van der Waals surface area (Å²) in [5.41, 5.74) is 3.21. The number of phenols is 1. The predicted octanol–water partition coefficient (Wildman–Crippen LogP) is 4.36. The van der Waals surface area contributed by atoms with Crippen LogP contribution in [0.1, 0.15) is 16.1 Å². The number of benzene rings is 2. The molecule has 144 valence electrons. The molecule has 2 heterocycles. The van der Waals surface area contributed by atoms with E-state index in [0.29, 0.717) is 22.6 Å². The van der Waals surface area contributed by atoms with Crippen LogP contribution in [-0.4, -0.2) is 30.8 Å². The second-order valence-electron chi connectivity index (χ2n) is 6.33. The number of hydrogen-bond acceptors (Lipinski definition) is 5. The van der Waals surface area contributed by atoms with E-state index in [1.54, 1.807) is 28.9 Å². The van der Waals surface area contributed by atoms with E-state index in [9.17, 15) is 9.90 Å². The summed E-state index contributed by atoms with van der Waals surface area (Å²) >= 11 is 3.41. The Morgan fingerprint density at radius 3 is 2.48 bits per heavy atom. The first-order valence-corrected chi connectivity index (χ1v) is 9.54. The highest BCUT2D eigenvalue weighted by Crippen LogP contribution is 2.21. The number of rotatable bonds is 4. The Bertz CT molecular complexity index is 1170. The summed E-state index contributed by atoms with van der Waals surface area (Å²) in [5, 5.41) is 16.7. The van der Waals surface area contributed by atoms with Gasteiger partial charge < -0.3 is 10.4 Å². The lowest BCUT2D eigenvalue weighted by Gasteiger charge is -2.07. The van der Waals surface area contributed by atoms with Crippen molar-refractivity contribution in [3.05, 3.63) is 82.9 Å². The molecule has 29 heavy (non-hydrogen) atoms. The third-order valence-corrected chi connectivity index (χ3v) is 4.87. The topological polar surface area (TPSA) is 92.9 Å². The lowest BCUT2D eigenvalue weighted by Crippen LogP contribution is -2.13. The van der Waals surface area contributed by atoms with Crippen LogP contribution in [0.25, 0.3) is 17.1 Å². The molecule has 2 N–H and O–H groups in total. The van der Waals surface area contributed by atoms with Gasteiger partial charge in [0.15, 0.2) is 5.82 Å². The molecule has 0 aliphatic rings. The molecule has 0 atom stereocenters. The van der Waals surface area contributed by atoms with Gasteiger partial charge in [-0.3, -0.25) is 4.79 Å². The molecule has 0 fully saturated rings. The van der Waals surface area contributed by atoms with Crippen LogP contribution in [0.15, 0.2) is 71.6 Å². The van der Waals surface area contributed by atoms with E-state index in [2.05, 4.69) is 36.3 Å². The number of aromatic hydroxyl groups is 1. The van der Waals surface area contributed by atoms with Gasteiger partial charge in [-0.15, -0.1) is 0 Å². The Balaban J connectivity index is 1.52. The molecular weight excluding hydrogens is 434 g/mol. The van der Waals surface area contributed by atoms with Gasteiger partial charge in [-0.1, -0.05) is 28.1 Å². The quantitative estimate of drug-likeness (QED) is 0.482. The van der Waals surface area contributed by atoms with Crippen LogP contribution in [0.4, 0.5) is 5.69 Å². The summed E-state index contributed by atoms with van der Waals surface area (Å²) in [6.45, 7) is 1.84. The van der Waals surface area contributed by atoms with Gasteiger partial charge in [-0.05, 0) is 43.3 Å². The number of hydrogen-bond donors (Lipinski definition) is 2. The third kappa shape index (κ3) is 4.02. The van der Waals surface area contributed by atoms with Gasteiger partial charge in [-0.2, -0.15) is 5.10 Å². The van der Waals surface area contributed by atoms with Gasteiger partial charge in [0, 0.05) is 10.0 Å². The molecule has 0 bridgehead atoms. The Morgan fingerprint density at radius 1 is 1.07 bits per heavy atom. The van der Waals surface area contributed by atoms with Crippen molar-refractivity contribution in [2.75, 3.05) is 5.32 Å². The Kier molecular flexibility index (Phi) is 5.09. The Labute approximate surface area is 175 Å². The lowest BCUT2D eigenvalue weighted by molar-refractivity contribution is 0.102. The number of anilines is 1. The fourth-order valence-corrected chi connectivity index (χ4v) is 3.12. The van der Waals surface area contributed by atoms with E-state index >= 15 is 0 Å². The van der Waals surface area contributed by atoms with E-state index in [1.165, 1.54) is 18.6 Å². The number of halogens is 1. The molecular formula is C21H16BrN5O2. The number of carbonyl (C=O) groups is 1. The van der Waals surface area contributed by atoms with Crippen LogP contribution in [-0.2, 0) is 0 Å². The number of amides is 1. The first kappa shape index (κ1) is 18.8. The zero-order valence-corrected chi connectivity index (χ0v) is 17.0. The molecule has 1 amide bonds. The van der Waals surface area contributed by atoms with Gasteiger partial charge in [0.2, 0.25) is 0 Å². The molecule has 2 aromatic heterocycles. The molecule has 4 aromatic rings. The normalized spacial score (nSPS) is 10.7. The van der Waals surface area contributed by atoms with Crippen LogP contribution >= 0.6 is 15.9 Å². The molecule has 4 rings (SSSR count). The summed E-state index contributed by atoms with van der Waals surface area (Å²) < 4.78 is 2.68. The highest BCUT2D eigenvalue weighted by atomic mass is 79.9. The SMILES string of the molecule is Cc1c(C(=O)Nc2cnc(-c3cccc(O)c3)nc2)cnn1-c1ccc(Br)cc1. The molecule has 7 nitrogen and oxygen atoms in total. The van der Waals surface area contributed by atoms with Gasteiger partial charge in [-0.25, -0.2) is 14.6 Å². The standard InChI is InChI=1S/C21H16BrN5O2/c1-13-19(12-25-27(13)17-7-5-15(22)6-8-17)21(29)26-16-10-23-20(24-11-16)14-3-2-4-18(28)9-14/h2-12,28H,1H3,(H,26,29). The summed E-state index contributed by atoms with van der Waals surface area (Å²) in [5.74, 6) is 0.305. The van der Waals surface area contributed by atoms with E-state index in [4.69, 9.17) is 0 Å². The highest BCUT2D eigenvalue weighted by Gasteiger charge is 2.16. The fraction of sp³-hybridized carbons (Fsp3) is 0.0476. The average Bonchev–Trinajstić information content (AvgIpc) is 3.11. The average molecular weight is 450 g/mol. The number of aromatic nitrogens is 4. The molecule has 0 aliphatic carbocycles. The second kappa shape index (κ2) is 7.84. The number of nitrogens with zero attached hydrogens (tertiary/aromatic N) is 4. The van der Waals surface area contributed by atoms with Crippen LogP contribution in [0, 0.1) is 6.92 Å². The summed E-state index contributed by atoms with van der Waals surface area (Å²) in [7, 11) is 0. The minimum Gasteiger partial charge on any atom is -0.508 e. The summed E-state index contributed by atoms with van der Waals surface area (Å²) in [6.07, 6.45) is 4.59. The Hall–Kier alpha value is -3.52. The van der Waals surface area contributed by atoms with Crippen molar-refractivity contribution in [2.45, 2.75) is 6.92 Å². The monoisotopic (exact) mass is 449 g/mol. The van der Waals surface area contributed by atoms with Crippen LogP contribution in [0.3, 0.4) is 0 Å². The first-order valence-electron chi connectivity index (χ1n) is 8.74. The Morgan fingerprint density at radius 2 is 1.79 bits per heavy atom. The molecule has 0 saturated heterocycles. The smallest absolute Gasteiger partial charge is 0.259 e. The summed E-state index contributed by atoms with van der Waals surface area (Å²) in [4.78, 5) is 21.2. The lowest BCUT2D eigenvalue weighted by atomic mass is 10.2. The predicted molar refractivity (Wildman–Crippen MR) is 113 cm³/mol. The molecule has 0 unspecified atom stereocenters. The highest BCUT2D eigenvalue weighted by molar-refractivity contribution is 9.10. The molecule has 0 saturated carbocycles. The molecule has 0 spiro atoms. The van der Waals surface area contributed by atoms with Crippen LogP contribution in [0.5, 0.6) is 5.75 Å². The van der Waals surface area contributed by atoms with E-state index in [0.717, 1.165) is 15.9 Å². The minimum absolute atomic E-state index is 0.141. The van der Waals surface area contributed by atoms with Crippen molar-refractivity contribution in [1.29, 1.82) is 0 Å². The van der Waals surface area contributed by atoms with Gasteiger partial charge in [0.1, 0.15) is 5.75 Å². The number of nitrogens with one attached hydrogen (secondary N) is 1. The zero-order valence-electron chi connectivity index (χ0n) is 15.4. The van der Waals surface area contributed by atoms with Crippen molar-refractivity contribution in [3.63, 3.8) is 0 Å². The van der Waals surface area contributed by atoms with Gasteiger partial charge in [0.05, 0.1) is 41.2 Å². The second-order valence-corrected chi connectivity index (χ2v) is 7.25. The molecule has 0 aliphatic heterocycles. The van der Waals surface area contributed by atoms with Crippen molar-refractivity contribution < 1.29 is 9.90 Å². The van der Waals surface area contributed by atoms with Crippen LogP contribution in [0.2, 0.25) is 0 Å². The van der Waals surface area contributed by atoms with Crippen molar-refractivity contribution in [2.24, 2.45) is 0 Å². The molecule has 2 aromatic carbocycles. The summed E-state index contributed by atoms with van der Waals surface area (Å²) in [6, 6.07) is 14.3. The maximum atomic E-state index is 12.7. The zero-order chi connectivity index (χ0) is 20.4. The largest absolute Gasteiger partial charge is 0.508 e. The molecule has 8 heteroatoms. The molecule has 0 radical (unpaired) electrons. The number of carbonyl (C=O) groups excluding carboxylic acids is 1. The first-order chi connectivity index (χ1) is 14.0. The van der Waals surface area contributed by atoms with E-state index in [-0.39, 0.29) is 11.7 Å². The van der Waals surface area contributed by atoms with E-state index < -0.39 is 0 Å². The van der Waals surface area contributed by atoms with Crippen molar-refractivity contribution in [3.8, 4) is 22.8 Å². The van der Waals surface area contributed by atoms with Crippen molar-refractivity contribution in [1.82, 2.24) is 19.7 Å². The van der Waals surface area contributed by atoms with Crippen molar-refractivity contribution >= 4 is 27.5 Å². The maximum Gasteiger partial charge on any atom is 0.259 e. The number of phenolic OH excluding ortho intramolecular Hbond substituents is 1. The fourth-order valence-electron chi connectivity index (χ4n) is 2.86. The van der Waals surface area contributed by atoms with Gasteiger partial charge >= 0.3 is 0 Å². The van der Waals surface area contributed by atoms with E-state index in [1.807, 2.05) is 31.2 Å².